The number of carbonyl (C=O) groups excluding carboxylic acids is 1. The average Bonchev–Trinajstić information content (AvgIpc) is 4.02. The van der Waals surface area contributed by atoms with Gasteiger partial charge in [0.25, 0.3) is 0 Å². The molecular formula is C58H72BrN3O12. The van der Waals surface area contributed by atoms with Crippen LogP contribution in [-0.4, -0.2) is 148 Å². The molecule has 398 valence electrons. The first-order valence-corrected chi connectivity index (χ1v) is 29.1. The first kappa shape index (κ1) is 48.6. The van der Waals surface area contributed by atoms with Crippen molar-refractivity contribution in [3.63, 3.8) is 0 Å². The molecule has 5 saturated carbocycles. The van der Waals surface area contributed by atoms with Crippen LogP contribution in [0.3, 0.4) is 0 Å². The van der Waals surface area contributed by atoms with E-state index in [1.54, 1.807) is 18.2 Å². The van der Waals surface area contributed by atoms with Gasteiger partial charge in [-0.25, -0.2) is 0 Å². The Balaban J connectivity index is 0.0000000973. The van der Waals surface area contributed by atoms with E-state index in [1.807, 2.05) is 18.2 Å². The Kier molecular flexibility index (Phi) is 11.1. The maximum Gasteiger partial charge on any atom is 0.174 e. The molecule has 6 bridgehead atoms. The Morgan fingerprint density at radius 1 is 0.581 bits per heavy atom. The predicted octanol–water partition coefficient (Wildman–Crippen LogP) is 4.49. The molecule has 3 spiro atoms. The van der Waals surface area contributed by atoms with Crippen LogP contribution in [0.15, 0.2) is 36.4 Å². The number of hydrogen-bond acceptors (Lipinski definition) is 15. The molecule has 0 unspecified atom stereocenters. The third kappa shape index (κ3) is 6.15. The van der Waals surface area contributed by atoms with Crippen LogP contribution in [0.5, 0.6) is 34.5 Å². The van der Waals surface area contributed by atoms with Gasteiger partial charge in [-0.05, 0) is 163 Å². The molecule has 6 aliphatic heterocycles. The summed E-state index contributed by atoms with van der Waals surface area (Å²) in [7, 11) is 0. The number of nitrogens with zero attached hydrogens (tertiary/aromatic N) is 1. The lowest BCUT2D eigenvalue weighted by Gasteiger charge is -2.64. The summed E-state index contributed by atoms with van der Waals surface area (Å²) in [5, 5.41) is 95.0. The molecule has 3 aromatic rings. The summed E-state index contributed by atoms with van der Waals surface area (Å²) in [6.07, 6.45) is 13.1. The molecule has 15 nitrogen and oxygen atoms in total. The van der Waals surface area contributed by atoms with Gasteiger partial charge in [-0.1, -0.05) is 47.0 Å². The quantitative estimate of drug-likeness (QED) is 0.163. The number of alkyl halides is 1. The molecule has 10 N–H and O–H groups in total. The largest absolute Gasteiger partial charge is 0.504 e. The molecular weight excluding hydrogens is 1010 g/mol. The molecule has 8 fully saturated rings. The SMILES string of the molecule is BrCC1CCC1.O=C1CC[C@@]2(O)[C@H]3Cc4ccc(O)c5c4[C@@]2(CCN3)[C@H]1O5.Oc1ccc2c3c1O[C@H]1[C@@H](O)CC[C@@]4(O)[C@@H](C2)N(CC2CCC2)CC[C@]314.Oc1ccc2c3c1O[C@H]1[C@@H](O)CC[C@@]4(O)[C@@H](C2)NCC[C@]314. The Hall–Kier alpha value is -3.71. The monoisotopic (exact) mass is 1080 g/mol. The Labute approximate surface area is 440 Å². The zero-order valence-electron chi connectivity index (χ0n) is 42.0. The molecule has 6 heterocycles. The van der Waals surface area contributed by atoms with Crippen LogP contribution in [-0.2, 0) is 40.3 Å². The zero-order valence-corrected chi connectivity index (χ0v) is 43.6. The van der Waals surface area contributed by atoms with Crippen molar-refractivity contribution >= 4 is 21.7 Å². The normalized spacial score (nSPS) is 42.3. The number of aromatic hydroxyl groups is 3. The molecule has 8 aliphatic carbocycles. The predicted molar refractivity (Wildman–Crippen MR) is 275 cm³/mol. The number of hydrogen-bond donors (Lipinski definition) is 10. The highest BCUT2D eigenvalue weighted by molar-refractivity contribution is 9.09. The third-order valence-corrected chi connectivity index (χ3v) is 23.0. The van der Waals surface area contributed by atoms with Crippen molar-refractivity contribution in [2.45, 2.75) is 197 Å². The first-order chi connectivity index (χ1) is 35.6. The van der Waals surface area contributed by atoms with Gasteiger partial charge in [0.15, 0.2) is 46.4 Å². The topological polar surface area (TPSA) is 234 Å². The van der Waals surface area contributed by atoms with Crippen molar-refractivity contribution in [1.82, 2.24) is 15.5 Å². The highest BCUT2D eigenvalue weighted by Gasteiger charge is 2.75. The second-order valence-corrected chi connectivity index (χ2v) is 25.6. The van der Waals surface area contributed by atoms with Gasteiger partial charge in [-0.15, -0.1) is 0 Å². The maximum atomic E-state index is 12.4. The molecule has 3 aromatic carbocycles. The fourth-order valence-corrected chi connectivity index (χ4v) is 18.8. The fourth-order valence-electron chi connectivity index (χ4n) is 18.1. The van der Waals surface area contributed by atoms with Gasteiger partial charge in [-0.3, -0.25) is 9.69 Å². The Morgan fingerprint density at radius 2 is 1.07 bits per heavy atom. The van der Waals surface area contributed by atoms with Crippen LogP contribution >= 0.6 is 15.9 Å². The van der Waals surface area contributed by atoms with Crippen LogP contribution in [0.25, 0.3) is 0 Å². The number of ether oxygens (including phenoxy) is 3. The number of aliphatic hydroxyl groups excluding tert-OH is 2. The minimum absolute atomic E-state index is 0.00663. The number of Topliss-reactive ketones (excluding diaryl/α,β-unsaturated/α-hetero) is 1. The summed E-state index contributed by atoms with van der Waals surface area (Å²) in [5.74, 6) is 3.59. The first-order valence-electron chi connectivity index (χ1n) is 28.0. The summed E-state index contributed by atoms with van der Waals surface area (Å²) < 4.78 is 18.1. The summed E-state index contributed by atoms with van der Waals surface area (Å²) >= 11 is 3.43. The number of benzene rings is 3. The lowest BCUT2D eigenvalue weighted by molar-refractivity contribution is -0.209. The molecule has 14 atom stereocenters. The summed E-state index contributed by atoms with van der Waals surface area (Å²) in [5.41, 5.74) is 1.64. The van der Waals surface area contributed by atoms with Crippen molar-refractivity contribution in [1.29, 1.82) is 0 Å². The molecule has 17 rings (SSSR count). The number of nitrogens with one attached hydrogen (secondary N) is 2. The molecule has 14 aliphatic rings. The number of phenolic OH excluding ortho intramolecular Hbond substituents is 3. The van der Waals surface area contributed by atoms with E-state index in [4.69, 9.17) is 14.2 Å². The minimum Gasteiger partial charge on any atom is -0.504 e. The van der Waals surface area contributed by atoms with Crippen molar-refractivity contribution in [2.75, 3.05) is 31.5 Å². The second-order valence-electron chi connectivity index (χ2n) is 24.9. The number of carbonyl (C=O) groups is 1. The van der Waals surface area contributed by atoms with Gasteiger partial charge in [-0.2, -0.15) is 0 Å². The Bertz CT molecular complexity index is 2810. The minimum atomic E-state index is -0.962. The van der Waals surface area contributed by atoms with Crippen LogP contribution in [0.2, 0.25) is 0 Å². The summed E-state index contributed by atoms with van der Waals surface area (Å²) in [6, 6.07) is 10.9. The number of aliphatic hydroxyl groups is 5. The third-order valence-electron chi connectivity index (χ3n) is 22.0. The summed E-state index contributed by atoms with van der Waals surface area (Å²) in [4.78, 5) is 15.0. The van der Waals surface area contributed by atoms with Gasteiger partial charge >= 0.3 is 0 Å². The standard InChI is InChI=1S/C21H27NO4.C16H19NO4.C16H17NO4.C5H9Br/c23-14-5-4-13-10-16-21(25)7-6-15(24)19-20(21,17(13)18(14)26-19)8-9-22(16)11-12-2-1-3-12;2*18-9-2-1-8-7-11-16(20)4-3-10(19)14-15(16,5-6-17-11)12(8)13(9)21-14;6-4-5-2-1-3-5/h4-5,12,15-16,19,23-25H,1-3,6-11H2;1-2,10-11,14,17-20H,3-7H2;1-2,11,14,17-18,20H,3-7H2;5H,1-4H2/t15-,16+,19-,20-,21+;10-,11+,14-,15-,16+;11-,14+,15+,16-;/m001./s1. The van der Waals surface area contributed by atoms with E-state index in [1.165, 1.54) is 49.4 Å². The van der Waals surface area contributed by atoms with E-state index in [0.29, 0.717) is 68.6 Å². The van der Waals surface area contributed by atoms with Crippen molar-refractivity contribution in [2.24, 2.45) is 11.8 Å². The number of ketones is 1. The maximum absolute atomic E-state index is 12.4. The number of phenols is 3. The fraction of sp³-hybridized carbons (Fsp3) is 0.672. The van der Waals surface area contributed by atoms with Crippen LogP contribution in [0.1, 0.15) is 130 Å². The zero-order chi connectivity index (χ0) is 50.9. The lowest BCUT2D eigenvalue weighted by Crippen LogP contribution is -2.77. The summed E-state index contributed by atoms with van der Waals surface area (Å²) in [6.45, 7) is 3.57. The Morgan fingerprint density at radius 3 is 1.59 bits per heavy atom. The van der Waals surface area contributed by atoms with Crippen LogP contribution in [0, 0.1) is 11.8 Å². The molecule has 3 saturated heterocycles. The number of likely N-dealkylation sites (tertiary alicyclic amines) is 1. The number of rotatable bonds is 3. The van der Waals surface area contributed by atoms with Gasteiger partial charge in [0, 0.05) is 53.1 Å². The van der Waals surface area contributed by atoms with Crippen molar-refractivity contribution in [3.8, 4) is 34.5 Å². The highest BCUT2D eigenvalue weighted by Crippen LogP contribution is 2.68. The van der Waals surface area contributed by atoms with E-state index in [-0.39, 0.29) is 41.2 Å². The number of piperidine rings is 3. The molecule has 74 heavy (non-hydrogen) atoms. The van der Waals surface area contributed by atoms with E-state index in [0.717, 1.165) is 91.5 Å². The van der Waals surface area contributed by atoms with Gasteiger partial charge in [0.05, 0.1) is 45.3 Å². The van der Waals surface area contributed by atoms with Crippen molar-refractivity contribution in [3.05, 3.63) is 69.8 Å². The molecule has 0 aromatic heterocycles. The molecule has 0 radical (unpaired) electrons. The molecule has 16 heteroatoms. The smallest absolute Gasteiger partial charge is 0.174 e. The second kappa shape index (κ2) is 16.9. The number of halogens is 1. The van der Waals surface area contributed by atoms with E-state index < -0.39 is 63.6 Å². The van der Waals surface area contributed by atoms with E-state index in [9.17, 15) is 45.6 Å². The van der Waals surface area contributed by atoms with E-state index >= 15 is 0 Å². The van der Waals surface area contributed by atoms with Gasteiger partial charge in [0.2, 0.25) is 0 Å². The van der Waals surface area contributed by atoms with Gasteiger partial charge < -0.3 is 65.7 Å². The highest BCUT2D eigenvalue weighted by atomic mass is 79.9. The average molecular weight is 1080 g/mol. The molecule has 0 amide bonds. The van der Waals surface area contributed by atoms with Crippen molar-refractivity contribution < 1.29 is 59.9 Å². The van der Waals surface area contributed by atoms with Crippen LogP contribution < -0.4 is 24.8 Å². The lowest BCUT2D eigenvalue weighted by atomic mass is 9.48. The van der Waals surface area contributed by atoms with Gasteiger partial charge in [0.1, 0.15) is 12.2 Å². The van der Waals surface area contributed by atoms with E-state index in [2.05, 4.69) is 31.5 Å². The van der Waals surface area contributed by atoms with Crippen LogP contribution in [0.4, 0.5) is 0 Å².